The van der Waals surface area contributed by atoms with Crippen LogP contribution in [0.2, 0.25) is 0 Å². The third kappa shape index (κ3) is 2.73. The molecule has 0 radical (unpaired) electrons. The molecule has 1 amide bonds. The van der Waals surface area contributed by atoms with Gasteiger partial charge in [0.2, 0.25) is 0 Å². The molecule has 1 aromatic carbocycles. The number of carbonyl (C=O) groups is 2. The van der Waals surface area contributed by atoms with Crippen LogP contribution in [0.15, 0.2) is 58.7 Å². The van der Waals surface area contributed by atoms with Gasteiger partial charge in [-0.2, -0.15) is 0 Å². The van der Waals surface area contributed by atoms with E-state index in [4.69, 9.17) is 4.42 Å². The van der Waals surface area contributed by atoms with E-state index < -0.39 is 17.7 Å². The molecular formula is C21H21NO4. The number of hydrogen-bond acceptors (Lipinski definition) is 4. The Morgan fingerprint density at radius 3 is 2.38 bits per heavy atom. The van der Waals surface area contributed by atoms with E-state index in [1.54, 1.807) is 41.3 Å². The lowest BCUT2D eigenvalue weighted by Crippen LogP contribution is -2.40. The maximum absolute atomic E-state index is 12.8. The largest absolute Gasteiger partial charge is 0.507 e. The van der Waals surface area contributed by atoms with Crippen molar-refractivity contribution in [2.24, 2.45) is 0 Å². The third-order valence-corrected chi connectivity index (χ3v) is 5.31. The van der Waals surface area contributed by atoms with Crippen LogP contribution in [0.1, 0.15) is 49.5 Å². The molecule has 0 spiro atoms. The summed E-state index contributed by atoms with van der Waals surface area (Å²) >= 11 is 0. The van der Waals surface area contributed by atoms with E-state index in [1.807, 2.05) is 6.07 Å². The number of nitrogens with zero attached hydrogens (tertiary/aromatic N) is 1. The Morgan fingerprint density at radius 2 is 1.73 bits per heavy atom. The zero-order valence-corrected chi connectivity index (χ0v) is 14.4. The first-order chi connectivity index (χ1) is 12.7. The lowest BCUT2D eigenvalue weighted by atomic mass is 9.92. The summed E-state index contributed by atoms with van der Waals surface area (Å²) in [4.78, 5) is 27.3. The molecule has 1 aliphatic heterocycles. The van der Waals surface area contributed by atoms with Crippen LogP contribution in [0.4, 0.5) is 0 Å². The van der Waals surface area contributed by atoms with Crippen molar-refractivity contribution in [2.75, 3.05) is 0 Å². The molecule has 1 unspecified atom stereocenters. The highest BCUT2D eigenvalue weighted by atomic mass is 16.3. The zero-order valence-electron chi connectivity index (χ0n) is 14.4. The Kier molecular flexibility index (Phi) is 4.37. The Labute approximate surface area is 151 Å². The van der Waals surface area contributed by atoms with Gasteiger partial charge in [0, 0.05) is 11.6 Å². The molecule has 2 aromatic rings. The van der Waals surface area contributed by atoms with E-state index in [9.17, 15) is 14.7 Å². The molecule has 1 aliphatic carbocycles. The fourth-order valence-corrected chi connectivity index (χ4v) is 4.06. The van der Waals surface area contributed by atoms with Crippen LogP contribution in [-0.2, 0) is 9.59 Å². The molecule has 134 valence electrons. The average molecular weight is 351 g/mol. The molecule has 0 bridgehead atoms. The summed E-state index contributed by atoms with van der Waals surface area (Å²) in [6.45, 7) is 0. The van der Waals surface area contributed by atoms with Gasteiger partial charge < -0.3 is 14.4 Å². The van der Waals surface area contributed by atoms with Crippen molar-refractivity contribution in [3.8, 4) is 0 Å². The number of hydrogen-bond donors (Lipinski definition) is 1. The number of amides is 1. The van der Waals surface area contributed by atoms with E-state index >= 15 is 0 Å². The van der Waals surface area contributed by atoms with Crippen molar-refractivity contribution in [2.45, 2.75) is 44.2 Å². The first kappa shape index (κ1) is 16.6. The Hall–Kier alpha value is -2.82. The number of aliphatic hydroxyl groups is 1. The number of carbonyl (C=O) groups excluding carboxylic acids is 2. The van der Waals surface area contributed by atoms with Gasteiger partial charge in [0.1, 0.15) is 17.6 Å². The normalized spacial score (nSPS) is 23.5. The van der Waals surface area contributed by atoms with Crippen molar-refractivity contribution in [1.82, 2.24) is 4.90 Å². The summed E-state index contributed by atoms with van der Waals surface area (Å²) in [6, 6.07) is 11.7. The summed E-state index contributed by atoms with van der Waals surface area (Å²) in [6.07, 6.45) is 6.49. The Bertz CT molecular complexity index is 832. The molecule has 1 aromatic heterocycles. The van der Waals surface area contributed by atoms with Crippen molar-refractivity contribution in [1.29, 1.82) is 0 Å². The monoisotopic (exact) mass is 351 g/mol. The summed E-state index contributed by atoms with van der Waals surface area (Å²) in [5, 5.41) is 10.8. The summed E-state index contributed by atoms with van der Waals surface area (Å²) in [5.74, 6) is -0.829. The van der Waals surface area contributed by atoms with Crippen molar-refractivity contribution in [3.63, 3.8) is 0 Å². The number of ketones is 1. The fourth-order valence-electron chi connectivity index (χ4n) is 4.06. The second-order valence-electron chi connectivity index (χ2n) is 6.88. The maximum Gasteiger partial charge on any atom is 0.296 e. The number of aliphatic hydroxyl groups excluding tert-OH is 1. The highest BCUT2D eigenvalue weighted by molar-refractivity contribution is 6.46. The molecule has 4 rings (SSSR count). The standard InChI is InChI=1S/C21H21NO4/c23-19(14-8-3-1-4-9-14)17-18(16-12-7-13-26-16)22(21(25)20(17)24)15-10-5-2-6-11-15/h1,3-4,7-9,12-13,15,18,23H,2,5-6,10-11H2/b19-17-. The summed E-state index contributed by atoms with van der Waals surface area (Å²) in [7, 11) is 0. The molecule has 1 N–H and O–H groups in total. The molecule has 5 heteroatoms. The Balaban J connectivity index is 1.84. The van der Waals surface area contributed by atoms with Gasteiger partial charge in [-0.3, -0.25) is 9.59 Å². The van der Waals surface area contributed by atoms with Crippen LogP contribution in [0, 0.1) is 0 Å². The van der Waals surface area contributed by atoms with E-state index in [1.165, 1.54) is 6.26 Å². The summed E-state index contributed by atoms with van der Waals surface area (Å²) < 4.78 is 5.56. The minimum atomic E-state index is -0.673. The van der Waals surface area contributed by atoms with Crippen LogP contribution >= 0.6 is 0 Å². The lowest BCUT2D eigenvalue weighted by molar-refractivity contribution is -0.142. The van der Waals surface area contributed by atoms with Crippen molar-refractivity contribution < 1.29 is 19.1 Å². The predicted octanol–water partition coefficient (Wildman–Crippen LogP) is 4.03. The van der Waals surface area contributed by atoms with E-state index in [0.717, 1.165) is 32.1 Å². The van der Waals surface area contributed by atoms with Crippen LogP contribution in [0.3, 0.4) is 0 Å². The first-order valence-electron chi connectivity index (χ1n) is 9.07. The van der Waals surface area contributed by atoms with Crippen molar-refractivity contribution >= 4 is 17.4 Å². The quantitative estimate of drug-likeness (QED) is 0.515. The average Bonchev–Trinajstić information content (AvgIpc) is 3.30. The van der Waals surface area contributed by atoms with Crippen molar-refractivity contribution in [3.05, 3.63) is 65.6 Å². The lowest BCUT2D eigenvalue weighted by Gasteiger charge is -2.34. The van der Waals surface area contributed by atoms with Gasteiger partial charge in [0.25, 0.3) is 11.7 Å². The molecule has 1 saturated heterocycles. The van der Waals surface area contributed by atoms with Gasteiger partial charge in [0.15, 0.2) is 0 Å². The topological polar surface area (TPSA) is 70.8 Å². The Morgan fingerprint density at radius 1 is 1.00 bits per heavy atom. The van der Waals surface area contributed by atoms with Gasteiger partial charge in [-0.25, -0.2) is 0 Å². The predicted molar refractivity (Wildman–Crippen MR) is 96.2 cm³/mol. The molecule has 5 nitrogen and oxygen atoms in total. The smallest absolute Gasteiger partial charge is 0.296 e. The second kappa shape index (κ2) is 6.83. The number of furan rings is 1. The SMILES string of the molecule is O=C1C(=O)N(C2CCCCC2)C(c2ccco2)/C1=C(/O)c1ccccc1. The van der Waals surface area contributed by atoms with Crippen LogP contribution < -0.4 is 0 Å². The van der Waals surface area contributed by atoms with E-state index in [2.05, 4.69) is 0 Å². The first-order valence-corrected chi connectivity index (χ1v) is 9.07. The van der Waals surface area contributed by atoms with Gasteiger partial charge in [-0.05, 0) is 25.0 Å². The highest BCUT2D eigenvalue weighted by Gasteiger charge is 2.50. The minimum Gasteiger partial charge on any atom is -0.507 e. The number of rotatable bonds is 3. The summed E-state index contributed by atoms with van der Waals surface area (Å²) in [5.41, 5.74) is 0.632. The number of likely N-dealkylation sites (tertiary alicyclic amines) is 1. The number of benzene rings is 1. The van der Waals surface area contributed by atoms with Gasteiger partial charge in [-0.1, -0.05) is 49.6 Å². The van der Waals surface area contributed by atoms with Gasteiger partial charge in [0.05, 0.1) is 11.8 Å². The molecule has 1 saturated carbocycles. The van der Waals surface area contributed by atoms with Crippen LogP contribution in [-0.4, -0.2) is 27.7 Å². The van der Waals surface area contributed by atoms with E-state index in [0.29, 0.717) is 11.3 Å². The fraction of sp³-hybridized carbons (Fsp3) is 0.333. The van der Waals surface area contributed by atoms with Gasteiger partial charge >= 0.3 is 0 Å². The van der Waals surface area contributed by atoms with Gasteiger partial charge in [-0.15, -0.1) is 0 Å². The second-order valence-corrected chi connectivity index (χ2v) is 6.88. The van der Waals surface area contributed by atoms with Crippen LogP contribution in [0.25, 0.3) is 5.76 Å². The van der Waals surface area contributed by atoms with E-state index in [-0.39, 0.29) is 17.4 Å². The molecule has 2 aliphatic rings. The number of Topliss-reactive ketones (excluding diaryl/α,β-unsaturated/α-hetero) is 1. The zero-order chi connectivity index (χ0) is 18.1. The molecule has 1 atom stereocenters. The third-order valence-electron chi connectivity index (χ3n) is 5.31. The molecule has 26 heavy (non-hydrogen) atoms. The molecule has 2 fully saturated rings. The maximum atomic E-state index is 12.8. The van der Waals surface area contributed by atoms with Crippen LogP contribution in [0.5, 0.6) is 0 Å². The molecule has 2 heterocycles. The molecular weight excluding hydrogens is 330 g/mol. The highest BCUT2D eigenvalue weighted by Crippen LogP contribution is 2.43. The minimum absolute atomic E-state index is 0.00336.